The van der Waals surface area contributed by atoms with Gasteiger partial charge in [0.05, 0.1) is 5.92 Å². The molecule has 1 aromatic rings. The topological polar surface area (TPSA) is 36.4 Å². The van der Waals surface area contributed by atoms with Crippen molar-refractivity contribution in [2.45, 2.75) is 13.0 Å². The number of pyridine rings is 1. The molecule has 0 spiro atoms. The van der Waals surface area contributed by atoms with Crippen LogP contribution in [0.2, 0.25) is 0 Å². The zero-order chi connectivity index (χ0) is 12.3. The number of aromatic nitrogens is 1. The van der Waals surface area contributed by atoms with Crippen LogP contribution in [0.25, 0.3) is 0 Å². The van der Waals surface area contributed by atoms with Gasteiger partial charge in [-0.15, -0.1) is 0 Å². The molecule has 92 valence electrons. The van der Waals surface area contributed by atoms with Gasteiger partial charge < -0.3 is 4.90 Å². The van der Waals surface area contributed by atoms with E-state index in [1.54, 1.807) is 4.90 Å². The lowest BCUT2D eigenvalue weighted by Crippen LogP contribution is -2.31. The molecule has 0 aliphatic carbocycles. The number of likely N-dealkylation sites (tertiary alicyclic amines) is 1. The minimum atomic E-state index is 0.173. The van der Waals surface area contributed by atoms with E-state index >= 15 is 0 Å². The summed E-state index contributed by atoms with van der Waals surface area (Å²) in [5.74, 6) is 0.425. The van der Waals surface area contributed by atoms with Gasteiger partial charge in [-0.1, -0.05) is 0 Å². The predicted octanol–water partition coefficient (Wildman–Crippen LogP) is 0.992. The first kappa shape index (κ1) is 12.0. The van der Waals surface area contributed by atoms with Crippen LogP contribution in [0.3, 0.4) is 0 Å². The molecule has 0 saturated carbocycles. The summed E-state index contributed by atoms with van der Waals surface area (Å²) in [4.78, 5) is 19.9. The molecule has 2 rings (SSSR count). The summed E-state index contributed by atoms with van der Waals surface area (Å²) < 4.78 is 0. The summed E-state index contributed by atoms with van der Waals surface area (Å²) in [5.41, 5.74) is 1.26. The van der Waals surface area contributed by atoms with Crippen LogP contribution in [0.15, 0.2) is 24.5 Å². The van der Waals surface area contributed by atoms with Crippen molar-refractivity contribution >= 4 is 5.91 Å². The van der Waals surface area contributed by atoms with E-state index in [0.29, 0.717) is 0 Å². The number of carbonyl (C=O) groups is 1. The zero-order valence-electron chi connectivity index (χ0n) is 10.5. The van der Waals surface area contributed by atoms with Crippen LogP contribution in [0.1, 0.15) is 12.0 Å². The zero-order valence-corrected chi connectivity index (χ0v) is 10.5. The first-order chi connectivity index (χ1) is 8.16. The van der Waals surface area contributed by atoms with Crippen molar-refractivity contribution in [3.05, 3.63) is 30.1 Å². The molecule has 1 atom stereocenters. The molecule has 1 aliphatic heterocycles. The molecule has 1 aromatic heterocycles. The fourth-order valence-corrected chi connectivity index (χ4v) is 2.29. The number of carbonyl (C=O) groups excluding carboxylic acids is 1. The number of nitrogens with zero attached hydrogens (tertiary/aromatic N) is 3. The molecule has 1 unspecified atom stereocenters. The first-order valence-corrected chi connectivity index (χ1v) is 5.99. The summed E-state index contributed by atoms with van der Waals surface area (Å²) in [7, 11) is 3.65. The molecule has 17 heavy (non-hydrogen) atoms. The second-order valence-corrected chi connectivity index (χ2v) is 4.81. The van der Waals surface area contributed by atoms with Gasteiger partial charge in [0.2, 0.25) is 5.91 Å². The van der Waals surface area contributed by atoms with Gasteiger partial charge in [0.15, 0.2) is 0 Å². The maximum absolute atomic E-state index is 11.8. The maximum Gasteiger partial charge on any atom is 0.226 e. The third kappa shape index (κ3) is 3.03. The average molecular weight is 233 g/mol. The number of hydrogen-bond acceptors (Lipinski definition) is 3. The molecule has 4 nitrogen and oxygen atoms in total. The summed E-state index contributed by atoms with van der Waals surface area (Å²) in [6, 6.07) is 4.06. The maximum atomic E-state index is 11.8. The van der Waals surface area contributed by atoms with Crippen LogP contribution < -0.4 is 0 Å². The largest absolute Gasteiger partial charge is 0.349 e. The Morgan fingerprint density at radius 3 is 2.82 bits per heavy atom. The molecule has 1 aliphatic rings. The van der Waals surface area contributed by atoms with Gasteiger partial charge >= 0.3 is 0 Å². The Morgan fingerprint density at radius 1 is 1.47 bits per heavy atom. The van der Waals surface area contributed by atoms with Gasteiger partial charge in [0.1, 0.15) is 0 Å². The van der Waals surface area contributed by atoms with Crippen molar-refractivity contribution in [1.82, 2.24) is 14.8 Å². The predicted molar refractivity (Wildman–Crippen MR) is 66.3 cm³/mol. The van der Waals surface area contributed by atoms with Gasteiger partial charge in [-0.25, -0.2) is 0 Å². The normalized spacial score (nSPS) is 20.5. The lowest BCUT2D eigenvalue weighted by Gasteiger charge is -2.18. The van der Waals surface area contributed by atoms with E-state index in [1.165, 1.54) is 5.56 Å². The molecule has 0 radical (unpaired) electrons. The average Bonchev–Trinajstić information content (AvgIpc) is 2.77. The van der Waals surface area contributed by atoms with Gasteiger partial charge in [0, 0.05) is 39.6 Å². The van der Waals surface area contributed by atoms with Crippen molar-refractivity contribution in [3.63, 3.8) is 0 Å². The van der Waals surface area contributed by atoms with Gasteiger partial charge in [-0.05, 0) is 30.7 Å². The molecule has 0 N–H and O–H groups in total. The molecule has 0 bridgehead atoms. The van der Waals surface area contributed by atoms with E-state index in [2.05, 4.69) is 9.88 Å². The fraction of sp³-hybridized carbons (Fsp3) is 0.538. The first-order valence-electron chi connectivity index (χ1n) is 5.99. The van der Waals surface area contributed by atoms with Crippen LogP contribution in [0.4, 0.5) is 0 Å². The van der Waals surface area contributed by atoms with E-state index in [0.717, 1.165) is 26.1 Å². The molecular weight excluding hydrogens is 214 g/mol. The van der Waals surface area contributed by atoms with Crippen molar-refractivity contribution < 1.29 is 4.79 Å². The quantitative estimate of drug-likeness (QED) is 0.781. The minimum Gasteiger partial charge on any atom is -0.349 e. The Bertz CT molecular complexity index is 378. The standard InChI is InChI=1S/C13H19N3O/c1-15(2)13(17)12-5-8-16(10-12)9-11-3-6-14-7-4-11/h3-4,6-7,12H,5,8-10H2,1-2H3. The van der Waals surface area contributed by atoms with Gasteiger partial charge in [-0.2, -0.15) is 0 Å². The fourth-order valence-electron chi connectivity index (χ4n) is 2.29. The molecule has 1 saturated heterocycles. The van der Waals surface area contributed by atoms with Crippen molar-refractivity contribution in [1.29, 1.82) is 0 Å². The van der Waals surface area contributed by atoms with Crippen molar-refractivity contribution in [2.75, 3.05) is 27.2 Å². The summed E-state index contributed by atoms with van der Waals surface area (Å²) in [6.45, 7) is 2.80. The third-order valence-corrected chi connectivity index (χ3v) is 3.22. The highest BCUT2D eigenvalue weighted by Crippen LogP contribution is 2.19. The van der Waals surface area contributed by atoms with Crippen LogP contribution in [-0.2, 0) is 11.3 Å². The summed E-state index contributed by atoms with van der Waals surface area (Å²) in [5, 5.41) is 0. The molecule has 0 aromatic carbocycles. The molecular formula is C13H19N3O. The molecule has 2 heterocycles. The highest BCUT2D eigenvalue weighted by molar-refractivity contribution is 5.78. The number of rotatable bonds is 3. The Balaban J connectivity index is 1.88. The Hall–Kier alpha value is -1.42. The Labute approximate surface area is 102 Å². The van der Waals surface area contributed by atoms with Gasteiger partial charge in [0.25, 0.3) is 0 Å². The number of hydrogen-bond donors (Lipinski definition) is 0. The van der Waals surface area contributed by atoms with Crippen LogP contribution >= 0.6 is 0 Å². The van der Waals surface area contributed by atoms with Crippen LogP contribution in [0, 0.1) is 5.92 Å². The highest BCUT2D eigenvalue weighted by atomic mass is 16.2. The van der Waals surface area contributed by atoms with Crippen molar-refractivity contribution in [3.8, 4) is 0 Å². The van der Waals surface area contributed by atoms with Crippen LogP contribution in [-0.4, -0.2) is 47.9 Å². The van der Waals surface area contributed by atoms with E-state index in [4.69, 9.17) is 0 Å². The number of amides is 1. The lowest BCUT2D eigenvalue weighted by molar-refractivity contribution is -0.132. The van der Waals surface area contributed by atoms with E-state index < -0.39 is 0 Å². The highest BCUT2D eigenvalue weighted by Gasteiger charge is 2.28. The smallest absolute Gasteiger partial charge is 0.226 e. The molecule has 1 fully saturated rings. The Kier molecular flexibility index (Phi) is 3.74. The molecule has 1 amide bonds. The summed E-state index contributed by atoms with van der Waals surface area (Å²) in [6.07, 6.45) is 4.60. The second-order valence-electron chi connectivity index (χ2n) is 4.81. The second kappa shape index (κ2) is 5.27. The van der Waals surface area contributed by atoms with E-state index in [1.807, 2.05) is 38.6 Å². The molecule has 4 heteroatoms. The summed E-state index contributed by atoms with van der Waals surface area (Å²) >= 11 is 0. The lowest BCUT2D eigenvalue weighted by atomic mass is 10.1. The van der Waals surface area contributed by atoms with Crippen molar-refractivity contribution in [2.24, 2.45) is 5.92 Å². The monoisotopic (exact) mass is 233 g/mol. The SMILES string of the molecule is CN(C)C(=O)C1CCN(Cc2ccncc2)C1. The van der Waals surface area contributed by atoms with E-state index in [-0.39, 0.29) is 11.8 Å². The van der Waals surface area contributed by atoms with Gasteiger partial charge in [-0.3, -0.25) is 14.7 Å². The third-order valence-electron chi connectivity index (χ3n) is 3.22. The van der Waals surface area contributed by atoms with Crippen LogP contribution in [0.5, 0.6) is 0 Å². The minimum absolute atomic E-state index is 0.173. The Morgan fingerprint density at radius 2 is 2.18 bits per heavy atom. The van der Waals surface area contributed by atoms with E-state index in [9.17, 15) is 4.79 Å².